The summed E-state index contributed by atoms with van der Waals surface area (Å²) in [5, 5.41) is 11.3. The fourth-order valence-corrected chi connectivity index (χ4v) is 3.48. The molecule has 2 heterocycles. The Kier molecular flexibility index (Phi) is 6.32. The van der Waals surface area contributed by atoms with Crippen LogP contribution in [0.3, 0.4) is 0 Å². The van der Waals surface area contributed by atoms with Gasteiger partial charge in [-0.3, -0.25) is 0 Å². The van der Waals surface area contributed by atoms with E-state index < -0.39 is 0 Å². The van der Waals surface area contributed by atoms with Gasteiger partial charge in [-0.25, -0.2) is 4.79 Å². The lowest BCUT2D eigenvalue weighted by atomic mass is 9.93. The van der Waals surface area contributed by atoms with E-state index in [-0.39, 0.29) is 6.03 Å². The van der Waals surface area contributed by atoms with Crippen LogP contribution in [0.15, 0.2) is 30.6 Å². The van der Waals surface area contributed by atoms with Crippen molar-refractivity contribution in [1.82, 2.24) is 25.0 Å². The molecule has 3 rings (SSSR count). The van der Waals surface area contributed by atoms with E-state index in [0.717, 1.165) is 49.5 Å². The Morgan fingerprint density at radius 3 is 2.59 bits per heavy atom. The van der Waals surface area contributed by atoms with E-state index in [0.29, 0.717) is 18.5 Å². The number of ether oxygens (including phenoxy) is 1. The monoisotopic (exact) mass is 371 g/mol. The summed E-state index contributed by atoms with van der Waals surface area (Å²) in [6.45, 7) is 6.38. The lowest BCUT2D eigenvalue weighted by Crippen LogP contribution is -2.44. The molecule has 0 radical (unpaired) electrons. The molecule has 7 heteroatoms. The van der Waals surface area contributed by atoms with Crippen molar-refractivity contribution in [3.05, 3.63) is 42.0 Å². The van der Waals surface area contributed by atoms with Crippen LogP contribution in [0.5, 0.6) is 5.75 Å². The standard InChI is InChI=1S/C20H29N5O2/c1-15(2)25-14-22-23-19(25)12-16-8-10-24(11-9-16)20(26)21-13-17-4-6-18(27-3)7-5-17/h4-7,14-16H,8-13H2,1-3H3,(H,21,26). The van der Waals surface area contributed by atoms with E-state index in [4.69, 9.17) is 4.74 Å². The summed E-state index contributed by atoms with van der Waals surface area (Å²) in [6, 6.07) is 8.13. The first-order valence-electron chi connectivity index (χ1n) is 9.61. The average molecular weight is 371 g/mol. The molecule has 0 unspecified atom stereocenters. The minimum Gasteiger partial charge on any atom is -0.497 e. The molecule has 0 aliphatic carbocycles. The zero-order chi connectivity index (χ0) is 19.2. The molecule has 1 aliphatic heterocycles. The number of hydrogen-bond donors (Lipinski definition) is 1. The van der Waals surface area contributed by atoms with E-state index in [1.807, 2.05) is 35.5 Å². The zero-order valence-corrected chi connectivity index (χ0v) is 16.4. The minimum absolute atomic E-state index is 0.00890. The number of amides is 2. The third-order valence-electron chi connectivity index (χ3n) is 5.18. The molecule has 1 fully saturated rings. The number of carbonyl (C=O) groups excluding carboxylic acids is 1. The molecule has 1 aliphatic rings. The maximum absolute atomic E-state index is 12.4. The molecule has 0 spiro atoms. The summed E-state index contributed by atoms with van der Waals surface area (Å²) >= 11 is 0. The molecule has 1 aromatic carbocycles. The topological polar surface area (TPSA) is 72.3 Å². The Labute approximate surface area is 160 Å². The van der Waals surface area contributed by atoms with Crippen LogP contribution < -0.4 is 10.1 Å². The maximum atomic E-state index is 12.4. The molecule has 146 valence electrons. The van der Waals surface area contributed by atoms with Crippen molar-refractivity contribution >= 4 is 6.03 Å². The van der Waals surface area contributed by atoms with E-state index in [9.17, 15) is 4.79 Å². The van der Waals surface area contributed by atoms with Gasteiger partial charge in [0.05, 0.1) is 7.11 Å². The first kappa shape index (κ1) is 19.2. The Morgan fingerprint density at radius 1 is 1.26 bits per heavy atom. The van der Waals surface area contributed by atoms with Gasteiger partial charge in [0.25, 0.3) is 0 Å². The van der Waals surface area contributed by atoms with Gasteiger partial charge in [0.2, 0.25) is 0 Å². The predicted molar refractivity (Wildman–Crippen MR) is 104 cm³/mol. The Hall–Kier alpha value is -2.57. The number of hydrogen-bond acceptors (Lipinski definition) is 4. The molecule has 0 atom stereocenters. The lowest BCUT2D eigenvalue weighted by Gasteiger charge is -2.32. The number of methoxy groups -OCH3 is 1. The van der Waals surface area contributed by atoms with E-state index in [1.165, 1.54) is 0 Å². The summed E-state index contributed by atoms with van der Waals surface area (Å²) in [6.07, 6.45) is 4.74. The third-order valence-corrected chi connectivity index (χ3v) is 5.18. The quantitative estimate of drug-likeness (QED) is 0.847. The van der Waals surface area contributed by atoms with Crippen LogP contribution >= 0.6 is 0 Å². The van der Waals surface area contributed by atoms with Crippen LogP contribution in [0.25, 0.3) is 0 Å². The zero-order valence-electron chi connectivity index (χ0n) is 16.4. The van der Waals surface area contributed by atoms with Crippen molar-refractivity contribution in [3.8, 4) is 5.75 Å². The Morgan fingerprint density at radius 2 is 1.96 bits per heavy atom. The van der Waals surface area contributed by atoms with Crippen LogP contribution in [0.1, 0.15) is 44.1 Å². The van der Waals surface area contributed by atoms with Crippen LogP contribution in [-0.2, 0) is 13.0 Å². The van der Waals surface area contributed by atoms with Gasteiger partial charge in [0, 0.05) is 32.1 Å². The number of likely N-dealkylation sites (tertiary alicyclic amines) is 1. The number of urea groups is 1. The third kappa shape index (κ3) is 4.99. The number of benzene rings is 1. The van der Waals surface area contributed by atoms with E-state index in [1.54, 1.807) is 7.11 Å². The highest BCUT2D eigenvalue weighted by atomic mass is 16.5. The van der Waals surface area contributed by atoms with Gasteiger partial charge in [0.1, 0.15) is 17.9 Å². The first-order chi connectivity index (χ1) is 13.1. The number of rotatable bonds is 6. The molecular weight excluding hydrogens is 342 g/mol. The maximum Gasteiger partial charge on any atom is 0.317 e. The fourth-order valence-electron chi connectivity index (χ4n) is 3.48. The van der Waals surface area contributed by atoms with Crippen LogP contribution in [-0.4, -0.2) is 45.9 Å². The van der Waals surface area contributed by atoms with Gasteiger partial charge >= 0.3 is 6.03 Å². The predicted octanol–water partition coefficient (Wildman–Crippen LogP) is 3.03. The van der Waals surface area contributed by atoms with Crippen LogP contribution in [0.4, 0.5) is 4.79 Å². The van der Waals surface area contributed by atoms with Gasteiger partial charge in [-0.05, 0) is 50.3 Å². The highest BCUT2D eigenvalue weighted by Gasteiger charge is 2.24. The molecule has 2 amide bonds. The Bertz CT molecular complexity index is 733. The van der Waals surface area contributed by atoms with Crippen molar-refractivity contribution in [1.29, 1.82) is 0 Å². The number of carbonyl (C=O) groups is 1. The van der Waals surface area contributed by atoms with Gasteiger partial charge in [-0.15, -0.1) is 10.2 Å². The molecule has 1 N–H and O–H groups in total. The Balaban J connectivity index is 1.44. The number of piperidine rings is 1. The van der Waals surface area contributed by atoms with E-state index >= 15 is 0 Å². The summed E-state index contributed by atoms with van der Waals surface area (Å²) in [4.78, 5) is 14.3. The van der Waals surface area contributed by atoms with Crippen molar-refractivity contribution in [2.45, 2.75) is 45.7 Å². The summed E-state index contributed by atoms with van der Waals surface area (Å²) in [5.41, 5.74) is 1.06. The van der Waals surface area contributed by atoms with E-state index in [2.05, 4.69) is 33.9 Å². The second-order valence-electron chi connectivity index (χ2n) is 7.39. The molecule has 1 saturated heterocycles. The first-order valence-corrected chi connectivity index (χ1v) is 9.61. The molecular formula is C20H29N5O2. The van der Waals surface area contributed by atoms with Crippen molar-refractivity contribution in [3.63, 3.8) is 0 Å². The van der Waals surface area contributed by atoms with Gasteiger partial charge in [-0.2, -0.15) is 0 Å². The fraction of sp³-hybridized carbons (Fsp3) is 0.550. The van der Waals surface area contributed by atoms with Crippen molar-refractivity contribution < 1.29 is 9.53 Å². The molecule has 1 aromatic heterocycles. The van der Waals surface area contributed by atoms with Crippen LogP contribution in [0, 0.1) is 5.92 Å². The molecule has 0 saturated carbocycles. The second kappa shape index (κ2) is 8.88. The minimum atomic E-state index is 0.00890. The average Bonchev–Trinajstić information content (AvgIpc) is 3.15. The van der Waals surface area contributed by atoms with Gasteiger partial charge in [-0.1, -0.05) is 12.1 Å². The van der Waals surface area contributed by atoms with Crippen molar-refractivity contribution in [2.75, 3.05) is 20.2 Å². The summed E-state index contributed by atoms with van der Waals surface area (Å²) in [7, 11) is 1.65. The highest BCUT2D eigenvalue weighted by molar-refractivity contribution is 5.74. The number of aromatic nitrogens is 3. The van der Waals surface area contributed by atoms with Gasteiger partial charge in [0.15, 0.2) is 0 Å². The smallest absolute Gasteiger partial charge is 0.317 e. The molecule has 7 nitrogen and oxygen atoms in total. The normalized spacial score (nSPS) is 15.2. The number of nitrogens with one attached hydrogen (secondary N) is 1. The number of nitrogens with zero attached hydrogens (tertiary/aromatic N) is 4. The lowest BCUT2D eigenvalue weighted by molar-refractivity contribution is 0.169. The molecule has 2 aromatic rings. The van der Waals surface area contributed by atoms with Gasteiger partial charge < -0.3 is 19.5 Å². The SMILES string of the molecule is COc1ccc(CNC(=O)N2CCC(Cc3nncn3C(C)C)CC2)cc1. The van der Waals surface area contributed by atoms with Crippen LogP contribution in [0.2, 0.25) is 0 Å². The molecule has 27 heavy (non-hydrogen) atoms. The molecule has 0 bridgehead atoms. The second-order valence-corrected chi connectivity index (χ2v) is 7.39. The largest absolute Gasteiger partial charge is 0.497 e. The summed E-state index contributed by atoms with van der Waals surface area (Å²) < 4.78 is 7.29. The summed E-state index contributed by atoms with van der Waals surface area (Å²) in [5.74, 6) is 2.42. The highest BCUT2D eigenvalue weighted by Crippen LogP contribution is 2.22. The van der Waals surface area contributed by atoms with Crippen molar-refractivity contribution in [2.24, 2.45) is 5.92 Å².